The monoisotopic (exact) mass is 96.1 g/mol. The quantitative estimate of drug-likeness (QED) is 0.373. The lowest BCUT2D eigenvalue weighted by atomic mass is 10.3. The predicted molar refractivity (Wildman–Crippen MR) is 30.9 cm³/mol. The summed E-state index contributed by atoms with van der Waals surface area (Å²) in [6.07, 6.45) is 2.72. The molecular formula is C5H9BO. The molecule has 0 unspecified atom stereocenters. The summed E-state index contributed by atoms with van der Waals surface area (Å²) in [5, 5.41) is 0. The van der Waals surface area contributed by atoms with Crippen molar-refractivity contribution in [1.29, 1.82) is 0 Å². The molecular weight excluding hydrogens is 86.9 g/mol. The zero-order chi connectivity index (χ0) is 5.70. The molecule has 0 fully saturated rings. The van der Waals surface area contributed by atoms with E-state index in [9.17, 15) is 0 Å². The molecule has 2 radical (unpaired) electrons. The van der Waals surface area contributed by atoms with Gasteiger partial charge in [0.1, 0.15) is 0 Å². The van der Waals surface area contributed by atoms with E-state index in [1.54, 1.807) is 0 Å². The van der Waals surface area contributed by atoms with Crippen LogP contribution >= 0.6 is 0 Å². The molecule has 0 atom stereocenters. The molecule has 0 rings (SSSR count). The van der Waals surface area contributed by atoms with Gasteiger partial charge >= 0.3 is 8.05 Å². The first-order chi connectivity index (χ1) is 3.35. The van der Waals surface area contributed by atoms with Crippen molar-refractivity contribution in [3.8, 4) is 0 Å². The lowest BCUT2D eigenvalue weighted by Gasteiger charge is -1.98. The fourth-order valence-corrected chi connectivity index (χ4v) is 0.355. The Morgan fingerprint density at radius 3 is 2.43 bits per heavy atom. The van der Waals surface area contributed by atoms with Gasteiger partial charge in [0, 0.05) is 0 Å². The number of rotatable bonds is 2. The summed E-state index contributed by atoms with van der Waals surface area (Å²) in [6, 6.07) is 0. The second-order valence-electron chi connectivity index (χ2n) is 1.23. The molecule has 0 heterocycles. The van der Waals surface area contributed by atoms with Crippen molar-refractivity contribution in [3.05, 3.63) is 11.8 Å². The van der Waals surface area contributed by atoms with E-state index < -0.39 is 0 Å². The van der Waals surface area contributed by atoms with E-state index in [0.717, 1.165) is 12.2 Å². The van der Waals surface area contributed by atoms with Crippen LogP contribution in [-0.2, 0) is 4.65 Å². The Morgan fingerprint density at radius 1 is 1.86 bits per heavy atom. The molecule has 0 aliphatic carbocycles. The molecule has 0 aromatic carbocycles. The Hall–Kier alpha value is -0.395. The van der Waals surface area contributed by atoms with Gasteiger partial charge in [0.2, 0.25) is 0 Å². The number of hydrogen-bond acceptors (Lipinski definition) is 1. The van der Waals surface area contributed by atoms with Crippen molar-refractivity contribution in [2.24, 2.45) is 0 Å². The standard InChI is InChI=1S/C5H9BO/c1-3-5(4-2)7-6/h3H,4H2,1-2H3/b5-3+. The molecule has 0 aromatic rings. The van der Waals surface area contributed by atoms with Crippen LogP contribution in [0.1, 0.15) is 20.3 Å². The second kappa shape index (κ2) is 3.78. The Morgan fingerprint density at radius 2 is 2.43 bits per heavy atom. The molecule has 0 N–H and O–H groups in total. The van der Waals surface area contributed by atoms with Crippen molar-refractivity contribution in [3.63, 3.8) is 0 Å². The molecule has 0 aromatic heterocycles. The van der Waals surface area contributed by atoms with Crippen LogP contribution in [0.5, 0.6) is 0 Å². The molecule has 0 amide bonds. The van der Waals surface area contributed by atoms with Crippen molar-refractivity contribution in [2.45, 2.75) is 20.3 Å². The van der Waals surface area contributed by atoms with Gasteiger partial charge in [-0.25, -0.2) is 0 Å². The molecule has 0 spiro atoms. The van der Waals surface area contributed by atoms with Gasteiger partial charge < -0.3 is 4.65 Å². The summed E-state index contributed by atoms with van der Waals surface area (Å²) < 4.78 is 4.41. The van der Waals surface area contributed by atoms with E-state index in [-0.39, 0.29) is 0 Å². The molecule has 0 aliphatic heterocycles. The zero-order valence-corrected chi connectivity index (χ0v) is 4.77. The zero-order valence-electron chi connectivity index (χ0n) is 4.77. The summed E-state index contributed by atoms with van der Waals surface area (Å²) in [5.41, 5.74) is 0. The van der Waals surface area contributed by atoms with E-state index in [1.807, 2.05) is 19.9 Å². The molecule has 38 valence electrons. The highest BCUT2D eigenvalue weighted by Gasteiger charge is 1.82. The highest BCUT2D eigenvalue weighted by atomic mass is 16.4. The first-order valence-electron chi connectivity index (χ1n) is 2.37. The first-order valence-corrected chi connectivity index (χ1v) is 2.37. The molecule has 0 aliphatic rings. The van der Waals surface area contributed by atoms with Crippen LogP contribution in [0.15, 0.2) is 11.8 Å². The number of hydrogen-bond donors (Lipinski definition) is 0. The Kier molecular flexibility index (Phi) is 3.57. The molecule has 0 saturated carbocycles. The SMILES string of the molecule is [B]O/C(=C/C)CC. The minimum Gasteiger partial charge on any atom is -0.571 e. The molecule has 0 saturated heterocycles. The maximum absolute atomic E-state index is 4.83. The Bertz CT molecular complexity index is 62.5. The number of allylic oxidation sites excluding steroid dienone is 2. The minimum absolute atomic E-state index is 0.833. The largest absolute Gasteiger partial charge is 0.571 e. The van der Waals surface area contributed by atoms with Crippen LogP contribution < -0.4 is 0 Å². The third kappa shape index (κ3) is 2.32. The topological polar surface area (TPSA) is 9.23 Å². The lowest BCUT2D eigenvalue weighted by molar-refractivity contribution is 0.449. The average Bonchev–Trinajstić information content (AvgIpc) is 1.72. The Balaban J connectivity index is 3.38. The van der Waals surface area contributed by atoms with Crippen molar-refractivity contribution in [2.75, 3.05) is 0 Å². The summed E-state index contributed by atoms with van der Waals surface area (Å²) >= 11 is 0. The van der Waals surface area contributed by atoms with Gasteiger partial charge in [0.25, 0.3) is 0 Å². The average molecular weight is 95.9 g/mol. The Labute approximate surface area is 45.8 Å². The highest BCUT2D eigenvalue weighted by Crippen LogP contribution is 1.97. The second-order valence-corrected chi connectivity index (χ2v) is 1.23. The van der Waals surface area contributed by atoms with E-state index in [0.29, 0.717) is 0 Å². The van der Waals surface area contributed by atoms with Crippen LogP contribution in [0.3, 0.4) is 0 Å². The van der Waals surface area contributed by atoms with Crippen LogP contribution in [0.25, 0.3) is 0 Å². The van der Waals surface area contributed by atoms with E-state index in [2.05, 4.69) is 4.65 Å². The third-order valence-corrected chi connectivity index (χ3v) is 0.822. The van der Waals surface area contributed by atoms with Crippen LogP contribution in [-0.4, -0.2) is 8.05 Å². The van der Waals surface area contributed by atoms with Gasteiger partial charge in [-0.3, -0.25) is 0 Å². The van der Waals surface area contributed by atoms with Crippen LogP contribution in [0.4, 0.5) is 0 Å². The maximum atomic E-state index is 4.83. The summed E-state index contributed by atoms with van der Waals surface area (Å²) in [5.74, 6) is 0.833. The van der Waals surface area contributed by atoms with Crippen LogP contribution in [0, 0.1) is 0 Å². The first kappa shape index (κ1) is 6.60. The fraction of sp³-hybridized carbons (Fsp3) is 0.600. The third-order valence-electron chi connectivity index (χ3n) is 0.822. The van der Waals surface area contributed by atoms with Crippen molar-refractivity contribution >= 4 is 8.05 Å². The van der Waals surface area contributed by atoms with Gasteiger partial charge in [-0.1, -0.05) is 13.0 Å². The van der Waals surface area contributed by atoms with E-state index in [1.165, 1.54) is 0 Å². The highest BCUT2D eigenvalue weighted by molar-refractivity contribution is 5.98. The molecule has 7 heavy (non-hydrogen) atoms. The predicted octanol–water partition coefficient (Wildman–Crippen LogP) is 1.40. The van der Waals surface area contributed by atoms with E-state index >= 15 is 0 Å². The van der Waals surface area contributed by atoms with Gasteiger partial charge in [0.05, 0.1) is 5.76 Å². The molecule has 0 bridgehead atoms. The summed E-state index contributed by atoms with van der Waals surface area (Å²) in [7, 11) is 4.83. The van der Waals surface area contributed by atoms with Gasteiger partial charge in [-0.05, 0) is 13.3 Å². The normalized spacial score (nSPS) is 11.4. The molecule has 1 nitrogen and oxygen atoms in total. The van der Waals surface area contributed by atoms with Crippen molar-refractivity contribution in [1.82, 2.24) is 0 Å². The fourth-order valence-electron chi connectivity index (χ4n) is 0.355. The minimum atomic E-state index is 0.833. The van der Waals surface area contributed by atoms with Crippen molar-refractivity contribution < 1.29 is 4.65 Å². The van der Waals surface area contributed by atoms with Gasteiger partial charge in [-0.15, -0.1) is 0 Å². The smallest absolute Gasteiger partial charge is 0.373 e. The summed E-state index contributed by atoms with van der Waals surface area (Å²) in [6.45, 7) is 3.88. The van der Waals surface area contributed by atoms with Gasteiger partial charge in [-0.2, -0.15) is 0 Å². The maximum Gasteiger partial charge on any atom is 0.373 e. The molecule has 2 heteroatoms. The van der Waals surface area contributed by atoms with Gasteiger partial charge in [0.15, 0.2) is 0 Å². The lowest BCUT2D eigenvalue weighted by Crippen LogP contribution is -1.82. The van der Waals surface area contributed by atoms with E-state index in [4.69, 9.17) is 8.05 Å². The van der Waals surface area contributed by atoms with Crippen LogP contribution in [0.2, 0.25) is 0 Å². The summed E-state index contributed by atoms with van der Waals surface area (Å²) in [4.78, 5) is 0.